The molecule has 0 amide bonds. The predicted molar refractivity (Wildman–Crippen MR) is 129 cm³/mol. The predicted octanol–water partition coefficient (Wildman–Crippen LogP) is 6.04. The Hall–Kier alpha value is -3.13. The molecule has 6 nitrogen and oxygen atoms in total. The molecule has 0 aromatic heterocycles. The number of allylic oxidation sites excluding steroid dienone is 1. The van der Waals surface area contributed by atoms with Crippen LogP contribution in [0.5, 0.6) is 17.2 Å². The topological polar surface area (TPSA) is 71.1 Å². The number of carbonyl (C=O) groups excluding carboxylic acids is 2. The third-order valence-electron chi connectivity index (χ3n) is 5.43. The van der Waals surface area contributed by atoms with Gasteiger partial charge in [0.05, 0.1) is 18.6 Å². The first-order valence-electron chi connectivity index (χ1n) is 10.4. The fourth-order valence-corrected chi connectivity index (χ4v) is 4.58. The van der Waals surface area contributed by atoms with Crippen LogP contribution in [0.2, 0.25) is 5.02 Å². The normalized spacial score (nSPS) is 15.4. The van der Waals surface area contributed by atoms with Crippen LogP contribution in [0.15, 0.2) is 58.8 Å². The van der Waals surface area contributed by atoms with E-state index in [9.17, 15) is 9.59 Å². The number of ether oxygens (including phenoxy) is 4. The van der Waals surface area contributed by atoms with E-state index in [1.54, 1.807) is 49.4 Å². The van der Waals surface area contributed by atoms with Crippen molar-refractivity contribution in [3.63, 3.8) is 0 Å². The first kappa shape index (κ1) is 22.7. The summed E-state index contributed by atoms with van der Waals surface area (Å²) in [7, 11) is 0. The Kier molecular flexibility index (Phi) is 6.16. The number of rotatable bonds is 4. The number of benzene rings is 3. The molecular formula is C26H18BrClO6. The lowest BCUT2D eigenvalue weighted by Gasteiger charge is -2.20. The van der Waals surface area contributed by atoms with Crippen LogP contribution in [0.25, 0.3) is 6.08 Å². The van der Waals surface area contributed by atoms with Crippen LogP contribution < -0.4 is 14.2 Å². The third-order valence-corrected chi connectivity index (χ3v) is 6.14. The van der Waals surface area contributed by atoms with Crippen molar-refractivity contribution in [2.45, 2.75) is 20.0 Å². The second kappa shape index (κ2) is 9.25. The molecule has 2 heterocycles. The number of aryl methyl sites for hydroxylation is 1. The molecule has 0 bridgehead atoms. The minimum absolute atomic E-state index is 0.0932. The van der Waals surface area contributed by atoms with Gasteiger partial charge in [-0.3, -0.25) is 9.59 Å². The van der Waals surface area contributed by atoms with Gasteiger partial charge in [0.1, 0.15) is 17.2 Å². The van der Waals surface area contributed by atoms with Crippen molar-refractivity contribution in [2.75, 3.05) is 6.79 Å². The SMILES string of the molecule is Cc1cc(OC(=O)Cc2ccc(Cl)cc2)cc2c1C(=O)/C(=C/c1cc(Br)cc3c1OCOC3)O2. The smallest absolute Gasteiger partial charge is 0.315 e. The lowest BCUT2D eigenvalue weighted by Crippen LogP contribution is -2.12. The van der Waals surface area contributed by atoms with Gasteiger partial charge in [-0.15, -0.1) is 0 Å². The summed E-state index contributed by atoms with van der Waals surface area (Å²) in [4.78, 5) is 25.5. The van der Waals surface area contributed by atoms with Crippen molar-refractivity contribution in [3.8, 4) is 17.2 Å². The lowest BCUT2D eigenvalue weighted by molar-refractivity contribution is -0.133. The molecule has 0 saturated heterocycles. The minimum atomic E-state index is -0.429. The van der Waals surface area contributed by atoms with Gasteiger partial charge in [-0.1, -0.05) is 39.7 Å². The van der Waals surface area contributed by atoms with Crippen LogP contribution in [-0.4, -0.2) is 18.5 Å². The van der Waals surface area contributed by atoms with Gasteiger partial charge in [-0.2, -0.15) is 0 Å². The summed E-state index contributed by atoms with van der Waals surface area (Å²) in [5, 5.41) is 0.598. The van der Waals surface area contributed by atoms with Crippen LogP contribution >= 0.6 is 27.5 Å². The standard InChI is InChI=1S/C26H18BrClO6/c1-14-6-20(33-23(29)7-15-2-4-19(28)5-3-15)11-21-24(14)25(30)22(34-21)10-16-8-18(27)9-17-12-31-13-32-26(16)17/h2-6,8-11H,7,12-13H2,1H3/b22-10-. The van der Waals surface area contributed by atoms with Crippen LogP contribution in [-0.2, 0) is 22.6 Å². The molecule has 2 aliphatic heterocycles. The van der Waals surface area contributed by atoms with Crippen LogP contribution in [0.4, 0.5) is 0 Å². The largest absolute Gasteiger partial charge is 0.467 e. The van der Waals surface area contributed by atoms with Gasteiger partial charge in [0.2, 0.25) is 5.78 Å². The Balaban J connectivity index is 1.39. The van der Waals surface area contributed by atoms with Gasteiger partial charge < -0.3 is 18.9 Å². The van der Waals surface area contributed by atoms with Gasteiger partial charge in [0.25, 0.3) is 0 Å². The highest BCUT2D eigenvalue weighted by Gasteiger charge is 2.31. The maximum atomic E-state index is 13.1. The van der Waals surface area contributed by atoms with Crippen LogP contribution in [0.1, 0.15) is 32.6 Å². The molecule has 3 aromatic carbocycles. The van der Waals surface area contributed by atoms with Gasteiger partial charge >= 0.3 is 5.97 Å². The van der Waals surface area contributed by atoms with Crippen LogP contribution in [0, 0.1) is 6.92 Å². The van der Waals surface area contributed by atoms with Crippen molar-refractivity contribution < 1.29 is 28.5 Å². The Morgan fingerprint density at radius 2 is 1.97 bits per heavy atom. The summed E-state index contributed by atoms with van der Waals surface area (Å²) in [6.07, 6.45) is 1.75. The molecular weight excluding hydrogens is 524 g/mol. The molecule has 0 radical (unpaired) electrons. The number of carbonyl (C=O) groups is 2. The fourth-order valence-electron chi connectivity index (χ4n) is 3.93. The van der Waals surface area contributed by atoms with E-state index in [-0.39, 0.29) is 24.8 Å². The van der Waals surface area contributed by atoms with Gasteiger partial charge in [-0.25, -0.2) is 0 Å². The Bertz CT molecular complexity index is 1350. The van der Waals surface area contributed by atoms with E-state index < -0.39 is 5.97 Å². The van der Waals surface area contributed by atoms with E-state index in [0.29, 0.717) is 45.6 Å². The van der Waals surface area contributed by atoms with E-state index >= 15 is 0 Å². The second-order valence-electron chi connectivity index (χ2n) is 7.92. The number of Topliss-reactive ketones (excluding diaryl/α,β-unsaturated/α-hetero) is 1. The summed E-state index contributed by atoms with van der Waals surface area (Å²) in [5.74, 6) is 0.804. The molecule has 0 spiro atoms. The zero-order chi connectivity index (χ0) is 23.8. The zero-order valence-corrected chi connectivity index (χ0v) is 20.4. The lowest BCUT2D eigenvalue weighted by atomic mass is 10.0. The van der Waals surface area contributed by atoms with E-state index in [0.717, 1.165) is 15.6 Å². The van der Waals surface area contributed by atoms with Crippen molar-refractivity contribution in [1.82, 2.24) is 0 Å². The second-order valence-corrected chi connectivity index (χ2v) is 9.28. The molecule has 172 valence electrons. The molecule has 34 heavy (non-hydrogen) atoms. The molecule has 3 aromatic rings. The van der Waals surface area contributed by atoms with Crippen molar-refractivity contribution in [1.29, 1.82) is 0 Å². The van der Waals surface area contributed by atoms with Gasteiger partial charge in [-0.05, 0) is 54.5 Å². The number of esters is 1. The number of fused-ring (bicyclic) bond motifs is 2. The average Bonchev–Trinajstić information content (AvgIpc) is 3.10. The fraction of sp³-hybridized carbons (Fsp3) is 0.154. The van der Waals surface area contributed by atoms with Crippen molar-refractivity contribution in [2.24, 2.45) is 0 Å². The highest BCUT2D eigenvalue weighted by Crippen LogP contribution is 2.39. The molecule has 0 N–H and O–H groups in total. The molecule has 5 rings (SSSR count). The van der Waals surface area contributed by atoms with Gasteiger partial charge in [0, 0.05) is 26.7 Å². The number of ketones is 1. The van der Waals surface area contributed by atoms with E-state index in [1.165, 1.54) is 0 Å². The first-order valence-corrected chi connectivity index (χ1v) is 11.6. The maximum absolute atomic E-state index is 13.1. The number of hydrogen-bond acceptors (Lipinski definition) is 6. The van der Waals surface area contributed by atoms with E-state index in [2.05, 4.69) is 15.9 Å². The van der Waals surface area contributed by atoms with Crippen molar-refractivity contribution in [3.05, 3.63) is 91.6 Å². The van der Waals surface area contributed by atoms with E-state index in [4.69, 9.17) is 30.5 Å². The number of hydrogen-bond donors (Lipinski definition) is 0. The summed E-state index contributed by atoms with van der Waals surface area (Å²) in [5.41, 5.74) is 3.46. The molecule has 0 fully saturated rings. The van der Waals surface area contributed by atoms with Crippen molar-refractivity contribution >= 4 is 45.4 Å². The Labute approximate surface area is 209 Å². The Morgan fingerprint density at radius 3 is 2.76 bits per heavy atom. The number of halogens is 2. The monoisotopic (exact) mass is 540 g/mol. The molecule has 0 unspecified atom stereocenters. The molecule has 2 aliphatic rings. The third kappa shape index (κ3) is 4.59. The minimum Gasteiger partial charge on any atom is -0.467 e. The van der Waals surface area contributed by atoms with E-state index in [1.807, 2.05) is 12.1 Å². The highest BCUT2D eigenvalue weighted by atomic mass is 79.9. The molecule has 0 aliphatic carbocycles. The molecule has 0 saturated carbocycles. The van der Waals surface area contributed by atoms with Gasteiger partial charge in [0.15, 0.2) is 12.6 Å². The van der Waals surface area contributed by atoms with Crippen LogP contribution in [0.3, 0.4) is 0 Å². The highest BCUT2D eigenvalue weighted by molar-refractivity contribution is 9.10. The summed E-state index contributed by atoms with van der Waals surface area (Å²) in [6, 6.07) is 14.0. The summed E-state index contributed by atoms with van der Waals surface area (Å²) in [6.45, 7) is 2.34. The average molecular weight is 542 g/mol. The maximum Gasteiger partial charge on any atom is 0.315 e. The zero-order valence-electron chi connectivity index (χ0n) is 18.0. The summed E-state index contributed by atoms with van der Waals surface area (Å²) < 4.78 is 23.2. The molecule has 8 heteroatoms. The first-order chi connectivity index (χ1) is 16.4. The molecule has 0 atom stereocenters. The summed E-state index contributed by atoms with van der Waals surface area (Å²) >= 11 is 9.37. The Morgan fingerprint density at radius 1 is 1.18 bits per heavy atom. The quantitative estimate of drug-likeness (QED) is 0.228.